The highest BCUT2D eigenvalue weighted by Crippen LogP contribution is 2.11. The number of rotatable bonds is 3. The third kappa shape index (κ3) is 1.74. The van der Waals surface area contributed by atoms with Crippen LogP contribution in [0.25, 0.3) is 5.65 Å². The maximum absolute atomic E-state index is 10.9. The lowest BCUT2D eigenvalue weighted by atomic mass is 10.3. The van der Waals surface area contributed by atoms with E-state index in [1.54, 1.807) is 17.8 Å². The van der Waals surface area contributed by atoms with Gasteiger partial charge in [0.1, 0.15) is 0 Å². The van der Waals surface area contributed by atoms with Crippen molar-refractivity contribution in [2.45, 2.75) is 13.0 Å². The first-order chi connectivity index (χ1) is 7.61. The van der Waals surface area contributed by atoms with Crippen LogP contribution in [0.1, 0.15) is 17.4 Å². The molecule has 0 aliphatic heterocycles. The Labute approximate surface area is 91.9 Å². The first-order valence-electron chi connectivity index (χ1n) is 4.85. The van der Waals surface area contributed by atoms with E-state index in [0.717, 1.165) is 5.56 Å². The monoisotopic (exact) mass is 220 g/mol. The summed E-state index contributed by atoms with van der Waals surface area (Å²) in [6.45, 7) is 1.95. The van der Waals surface area contributed by atoms with Crippen LogP contribution in [0.3, 0.4) is 0 Å². The van der Waals surface area contributed by atoms with Crippen LogP contribution in [0.15, 0.2) is 18.3 Å². The number of aryl methyl sites for hydroxylation is 1. The van der Waals surface area contributed by atoms with Gasteiger partial charge in [0.15, 0.2) is 17.5 Å². The van der Waals surface area contributed by atoms with Crippen molar-refractivity contribution in [2.24, 2.45) is 0 Å². The zero-order chi connectivity index (χ0) is 11.7. The molecule has 84 valence electrons. The molecule has 0 aliphatic carbocycles. The minimum absolute atomic E-state index is 0.264. The summed E-state index contributed by atoms with van der Waals surface area (Å²) in [5.41, 5.74) is 1.71. The summed E-state index contributed by atoms with van der Waals surface area (Å²) in [5, 5.41) is 15.7. The summed E-state index contributed by atoms with van der Waals surface area (Å²) in [4.78, 5) is 15.1. The smallest absolute Gasteiger partial charge is 0.328 e. The molecular weight excluding hydrogens is 208 g/mol. The Hall–Kier alpha value is -1.95. The van der Waals surface area contributed by atoms with Gasteiger partial charge < -0.3 is 10.4 Å². The number of aliphatic carboxylic acids is 1. The van der Waals surface area contributed by atoms with E-state index in [2.05, 4.69) is 15.4 Å². The van der Waals surface area contributed by atoms with Crippen LogP contribution in [0.4, 0.5) is 0 Å². The van der Waals surface area contributed by atoms with Crippen molar-refractivity contribution in [3.63, 3.8) is 0 Å². The molecule has 0 amide bonds. The number of nitrogens with one attached hydrogen (secondary N) is 1. The minimum Gasteiger partial charge on any atom is -0.480 e. The van der Waals surface area contributed by atoms with Gasteiger partial charge in [-0.15, -0.1) is 5.10 Å². The maximum Gasteiger partial charge on any atom is 0.328 e. The van der Waals surface area contributed by atoms with Crippen molar-refractivity contribution in [3.8, 4) is 0 Å². The molecule has 0 spiro atoms. The summed E-state index contributed by atoms with van der Waals surface area (Å²) < 4.78 is 1.57. The molecule has 1 unspecified atom stereocenters. The molecule has 2 N–H and O–H groups in total. The quantitative estimate of drug-likeness (QED) is 0.781. The highest BCUT2D eigenvalue weighted by Gasteiger charge is 2.22. The van der Waals surface area contributed by atoms with Gasteiger partial charge in [-0.05, 0) is 31.7 Å². The van der Waals surface area contributed by atoms with Crippen molar-refractivity contribution >= 4 is 11.6 Å². The molecule has 0 fully saturated rings. The van der Waals surface area contributed by atoms with E-state index in [1.807, 2.05) is 19.1 Å². The summed E-state index contributed by atoms with van der Waals surface area (Å²) >= 11 is 0. The fourth-order valence-corrected chi connectivity index (χ4v) is 1.49. The van der Waals surface area contributed by atoms with E-state index in [0.29, 0.717) is 5.65 Å². The molecule has 2 aromatic rings. The van der Waals surface area contributed by atoms with Gasteiger partial charge in [-0.3, -0.25) is 4.79 Å². The molecule has 2 heterocycles. The molecule has 0 aromatic carbocycles. The van der Waals surface area contributed by atoms with Gasteiger partial charge in [0.05, 0.1) is 0 Å². The topological polar surface area (TPSA) is 79.5 Å². The van der Waals surface area contributed by atoms with Crippen molar-refractivity contribution in [3.05, 3.63) is 29.7 Å². The van der Waals surface area contributed by atoms with Crippen LogP contribution in [-0.4, -0.2) is 32.7 Å². The lowest BCUT2D eigenvalue weighted by Gasteiger charge is -2.04. The summed E-state index contributed by atoms with van der Waals surface area (Å²) in [6.07, 6.45) is 1.76. The Bertz CT molecular complexity index is 535. The van der Waals surface area contributed by atoms with Gasteiger partial charge in [0.25, 0.3) is 0 Å². The highest BCUT2D eigenvalue weighted by molar-refractivity contribution is 5.74. The average Bonchev–Trinajstić information content (AvgIpc) is 2.60. The van der Waals surface area contributed by atoms with Crippen molar-refractivity contribution < 1.29 is 9.90 Å². The number of fused-ring (bicyclic) bond motifs is 1. The van der Waals surface area contributed by atoms with Crippen LogP contribution < -0.4 is 5.32 Å². The maximum atomic E-state index is 10.9. The van der Waals surface area contributed by atoms with Gasteiger partial charge in [0.2, 0.25) is 0 Å². The number of hydrogen-bond donors (Lipinski definition) is 2. The van der Waals surface area contributed by atoms with E-state index in [-0.39, 0.29) is 5.82 Å². The zero-order valence-electron chi connectivity index (χ0n) is 9.01. The van der Waals surface area contributed by atoms with E-state index >= 15 is 0 Å². The first kappa shape index (κ1) is 10.6. The Morgan fingerprint density at radius 2 is 2.38 bits per heavy atom. The Kier molecular flexibility index (Phi) is 2.57. The number of nitrogens with zero attached hydrogens (tertiary/aromatic N) is 3. The standard InChI is InChI=1S/C10H12N4O2/c1-6-3-4-14-7(5-6)12-9(13-14)8(11-2)10(15)16/h3-5,8,11H,1-2H3,(H,15,16). The molecule has 1 atom stereocenters. The number of carboxylic acid groups (broad SMARTS) is 1. The van der Waals surface area contributed by atoms with Gasteiger partial charge in [-0.25, -0.2) is 9.50 Å². The molecule has 0 bridgehead atoms. The van der Waals surface area contributed by atoms with Crippen LogP contribution in [-0.2, 0) is 4.79 Å². The zero-order valence-corrected chi connectivity index (χ0v) is 9.01. The Balaban J connectivity index is 2.49. The summed E-state index contributed by atoms with van der Waals surface area (Å²) in [6, 6.07) is 2.87. The van der Waals surface area contributed by atoms with Crippen LogP contribution in [0.5, 0.6) is 0 Å². The number of likely N-dealkylation sites (N-methyl/N-ethyl adjacent to an activating group) is 1. The van der Waals surface area contributed by atoms with Gasteiger partial charge in [-0.1, -0.05) is 0 Å². The van der Waals surface area contributed by atoms with E-state index in [4.69, 9.17) is 5.11 Å². The lowest BCUT2D eigenvalue weighted by molar-refractivity contribution is -0.139. The fourth-order valence-electron chi connectivity index (χ4n) is 1.49. The first-order valence-corrected chi connectivity index (χ1v) is 4.85. The molecular formula is C10H12N4O2. The molecule has 0 saturated carbocycles. The summed E-state index contributed by atoms with van der Waals surface area (Å²) in [5.74, 6) is -0.726. The number of pyridine rings is 1. The van der Waals surface area contributed by atoms with Crippen molar-refractivity contribution in [1.29, 1.82) is 0 Å². The van der Waals surface area contributed by atoms with Gasteiger partial charge >= 0.3 is 5.97 Å². The van der Waals surface area contributed by atoms with Crippen LogP contribution in [0.2, 0.25) is 0 Å². The number of carbonyl (C=O) groups is 1. The fraction of sp³-hybridized carbons (Fsp3) is 0.300. The normalized spacial score (nSPS) is 12.9. The molecule has 6 heteroatoms. The van der Waals surface area contributed by atoms with Crippen molar-refractivity contribution in [2.75, 3.05) is 7.05 Å². The molecule has 16 heavy (non-hydrogen) atoms. The summed E-state index contributed by atoms with van der Waals surface area (Å²) in [7, 11) is 1.57. The predicted molar refractivity (Wildman–Crippen MR) is 57.2 cm³/mol. The third-order valence-electron chi connectivity index (χ3n) is 2.30. The van der Waals surface area contributed by atoms with E-state index in [9.17, 15) is 4.79 Å². The van der Waals surface area contributed by atoms with E-state index < -0.39 is 12.0 Å². The molecule has 0 saturated heterocycles. The SMILES string of the molecule is CNC(C(=O)O)c1nc2cc(C)ccn2n1. The van der Waals surface area contributed by atoms with Gasteiger partial charge in [-0.2, -0.15) is 0 Å². The average molecular weight is 220 g/mol. The number of carboxylic acids is 1. The number of hydrogen-bond acceptors (Lipinski definition) is 4. The molecule has 2 rings (SSSR count). The lowest BCUT2D eigenvalue weighted by Crippen LogP contribution is -2.26. The van der Waals surface area contributed by atoms with Gasteiger partial charge in [0, 0.05) is 6.20 Å². The van der Waals surface area contributed by atoms with Crippen LogP contribution >= 0.6 is 0 Å². The second-order valence-electron chi connectivity index (χ2n) is 3.54. The van der Waals surface area contributed by atoms with E-state index in [1.165, 1.54) is 0 Å². The molecule has 0 aliphatic rings. The van der Waals surface area contributed by atoms with Crippen LogP contribution in [0, 0.1) is 6.92 Å². The third-order valence-corrected chi connectivity index (χ3v) is 2.30. The molecule has 6 nitrogen and oxygen atoms in total. The number of aromatic nitrogens is 3. The Morgan fingerprint density at radius 3 is 3.00 bits per heavy atom. The van der Waals surface area contributed by atoms with Crippen molar-refractivity contribution in [1.82, 2.24) is 19.9 Å². The minimum atomic E-state index is -0.991. The Morgan fingerprint density at radius 1 is 1.62 bits per heavy atom. The largest absolute Gasteiger partial charge is 0.480 e. The molecule has 0 radical (unpaired) electrons. The second-order valence-corrected chi connectivity index (χ2v) is 3.54. The second kappa shape index (κ2) is 3.90. The molecule has 2 aromatic heterocycles. The highest BCUT2D eigenvalue weighted by atomic mass is 16.4. The predicted octanol–water partition coefficient (Wildman–Crippen LogP) is 0.383.